The standard InChI is InChI=1S/C16H32O4Si/c1-9-11-16(5,14(18)19-6)13(17)10-12-20-21(7,8)15(2,3)4/h9,13,17H,1,10-12H2,2-8H3/t13-,16+/m0/s1. The third-order valence-electron chi connectivity index (χ3n) is 4.62. The van der Waals surface area contributed by atoms with Crippen LogP contribution in [0.1, 0.15) is 40.5 Å². The highest BCUT2D eigenvalue weighted by Gasteiger charge is 2.41. The molecule has 0 aliphatic carbocycles. The van der Waals surface area contributed by atoms with Crippen LogP contribution in [0.2, 0.25) is 18.1 Å². The zero-order valence-corrected chi connectivity index (χ0v) is 15.7. The number of aliphatic hydroxyl groups is 1. The molecule has 0 aromatic carbocycles. The molecule has 0 radical (unpaired) electrons. The molecule has 0 aromatic rings. The quantitative estimate of drug-likeness (QED) is 0.423. The smallest absolute Gasteiger partial charge is 0.314 e. The van der Waals surface area contributed by atoms with E-state index in [1.54, 1.807) is 13.0 Å². The maximum Gasteiger partial charge on any atom is 0.314 e. The molecule has 4 nitrogen and oxygen atoms in total. The van der Waals surface area contributed by atoms with Crippen LogP contribution in [0, 0.1) is 5.41 Å². The van der Waals surface area contributed by atoms with E-state index in [0.717, 1.165) is 0 Å². The zero-order valence-electron chi connectivity index (χ0n) is 14.7. The van der Waals surface area contributed by atoms with Gasteiger partial charge in [-0.25, -0.2) is 0 Å². The SMILES string of the molecule is C=CC[C@@](C)(C(=O)OC)[C@@H](O)CCO[Si](C)(C)C(C)(C)C. The molecule has 0 saturated heterocycles. The molecule has 0 fully saturated rings. The zero-order chi connectivity index (χ0) is 16.9. The van der Waals surface area contributed by atoms with E-state index in [1.165, 1.54) is 7.11 Å². The molecule has 0 aromatic heterocycles. The van der Waals surface area contributed by atoms with Gasteiger partial charge < -0.3 is 14.3 Å². The number of hydrogen-bond acceptors (Lipinski definition) is 4. The highest BCUT2D eigenvalue weighted by molar-refractivity contribution is 6.74. The topological polar surface area (TPSA) is 55.8 Å². The minimum absolute atomic E-state index is 0.130. The fraction of sp³-hybridized carbons (Fsp3) is 0.812. The summed E-state index contributed by atoms with van der Waals surface area (Å²) in [7, 11) is -0.496. The lowest BCUT2D eigenvalue weighted by atomic mass is 9.79. The van der Waals surface area contributed by atoms with Crippen molar-refractivity contribution in [1.82, 2.24) is 0 Å². The normalized spacial score (nSPS) is 17.0. The highest BCUT2D eigenvalue weighted by Crippen LogP contribution is 2.37. The first-order valence-electron chi connectivity index (χ1n) is 7.43. The average molecular weight is 317 g/mol. The van der Waals surface area contributed by atoms with Gasteiger partial charge in [-0.15, -0.1) is 6.58 Å². The van der Waals surface area contributed by atoms with Crippen molar-refractivity contribution in [3.63, 3.8) is 0 Å². The number of allylic oxidation sites excluding steroid dienone is 1. The summed E-state index contributed by atoms with van der Waals surface area (Å²) >= 11 is 0. The van der Waals surface area contributed by atoms with Crippen molar-refractivity contribution in [2.24, 2.45) is 5.41 Å². The van der Waals surface area contributed by atoms with Gasteiger partial charge >= 0.3 is 5.97 Å². The fourth-order valence-electron chi connectivity index (χ4n) is 1.85. The van der Waals surface area contributed by atoms with Crippen molar-refractivity contribution in [3.05, 3.63) is 12.7 Å². The molecule has 0 bridgehead atoms. The summed E-state index contributed by atoms with van der Waals surface area (Å²) in [5.74, 6) is -0.415. The minimum Gasteiger partial charge on any atom is -0.469 e. The maximum atomic E-state index is 11.9. The van der Waals surface area contributed by atoms with E-state index in [1.807, 2.05) is 0 Å². The summed E-state index contributed by atoms with van der Waals surface area (Å²) in [5, 5.41) is 10.5. The van der Waals surface area contributed by atoms with Crippen LogP contribution in [-0.4, -0.2) is 39.2 Å². The van der Waals surface area contributed by atoms with Crippen LogP contribution >= 0.6 is 0 Å². The predicted molar refractivity (Wildman–Crippen MR) is 88.7 cm³/mol. The van der Waals surface area contributed by atoms with Crippen LogP contribution in [0.4, 0.5) is 0 Å². The van der Waals surface area contributed by atoms with Gasteiger partial charge in [0.2, 0.25) is 0 Å². The van der Waals surface area contributed by atoms with E-state index >= 15 is 0 Å². The number of carbonyl (C=O) groups is 1. The van der Waals surface area contributed by atoms with Gasteiger partial charge in [0.25, 0.3) is 0 Å². The molecule has 0 rings (SSSR count). The van der Waals surface area contributed by atoms with Gasteiger partial charge in [-0.2, -0.15) is 0 Å². The Morgan fingerprint density at radius 3 is 2.24 bits per heavy atom. The molecule has 0 amide bonds. The van der Waals surface area contributed by atoms with E-state index in [0.29, 0.717) is 19.4 Å². The molecule has 5 heteroatoms. The molecule has 0 heterocycles. The summed E-state index contributed by atoms with van der Waals surface area (Å²) in [6.07, 6.45) is 1.61. The number of methoxy groups -OCH3 is 1. The Morgan fingerprint density at radius 2 is 1.86 bits per heavy atom. The van der Waals surface area contributed by atoms with Gasteiger partial charge in [0.1, 0.15) is 0 Å². The highest BCUT2D eigenvalue weighted by atomic mass is 28.4. The van der Waals surface area contributed by atoms with Crippen molar-refractivity contribution in [2.75, 3.05) is 13.7 Å². The van der Waals surface area contributed by atoms with E-state index in [2.05, 4.69) is 40.4 Å². The number of hydrogen-bond donors (Lipinski definition) is 1. The van der Waals surface area contributed by atoms with Crippen LogP contribution in [0.25, 0.3) is 0 Å². The second-order valence-electron chi connectivity index (χ2n) is 7.32. The van der Waals surface area contributed by atoms with Crippen molar-refractivity contribution in [3.8, 4) is 0 Å². The monoisotopic (exact) mass is 316 g/mol. The molecule has 0 aliphatic heterocycles. The lowest BCUT2D eigenvalue weighted by Gasteiger charge is -2.37. The van der Waals surface area contributed by atoms with Crippen molar-refractivity contribution >= 4 is 14.3 Å². The molecule has 0 aliphatic rings. The third-order valence-corrected chi connectivity index (χ3v) is 9.15. The average Bonchev–Trinajstić information content (AvgIpc) is 2.36. The second kappa shape index (κ2) is 7.56. The van der Waals surface area contributed by atoms with Crippen LogP contribution in [0.15, 0.2) is 12.7 Å². The number of ether oxygens (including phenoxy) is 1. The molecule has 124 valence electrons. The second-order valence-corrected chi connectivity index (χ2v) is 12.1. The molecule has 0 spiro atoms. The first-order chi connectivity index (χ1) is 9.42. The Labute approximate surface area is 130 Å². The number of aliphatic hydroxyl groups excluding tert-OH is 1. The van der Waals surface area contributed by atoms with E-state index in [-0.39, 0.29) is 5.04 Å². The van der Waals surface area contributed by atoms with E-state index in [9.17, 15) is 9.90 Å². The number of rotatable bonds is 8. The van der Waals surface area contributed by atoms with Crippen molar-refractivity contribution < 1.29 is 19.1 Å². The summed E-state index contributed by atoms with van der Waals surface area (Å²) in [6.45, 7) is 16.7. The predicted octanol–water partition coefficient (Wildman–Crippen LogP) is 3.51. The van der Waals surface area contributed by atoms with Crippen molar-refractivity contribution in [2.45, 2.75) is 64.8 Å². The van der Waals surface area contributed by atoms with Crippen LogP contribution in [0.3, 0.4) is 0 Å². The first kappa shape index (κ1) is 20.3. The summed E-state index contributed by atoms with van der Waals surface area (Å²) < 4.78 is 10.9. The van der Waals surface area contributed by atoms with Crippen LogP contribution < -0.4 is 0 Å². The molecule has 1 N–H and O–H groups in total. The molecule has 21 heavy (non-hydrogen) atoms. The summed E-state index contributed by atoms with van der Waals surface area (Å²) in [6, 6.07) is 0. The van der Waals surface area contributed by atoms with Crippen molar-refractivity contribution in [1.29, 1.82) is 0 Å². The Balaban J connectivity index is 4.70. The van der Waals surface area contributed by atoms with Gasteiger partial charge in [-0.3, -0.25) is 4.79 Å². The molecular weight excluding hydrogens is 284 g/mol. The lowest BCUT2D eigenvalue weighted by molar-refractivity contribution is -0.159. The Kier molecular flexibility index (Phi) is 7.33. The lowest BCUT2D eigenvalue weighted by Crippen LogP contribution is -2.44. The van der Waals surface area contributed by atoms with Gasteiger partial charge in [-0.1, -0.05) is 26.8 Å². The number of esters is 1. The Hall–Kier alpha value is -0.653. The van der Waals surface area contributed by atoms with Gasteiger partial charge in [0.15, 0.2) is 8.32 Å². The largest absolute Gasteiger partial charge is 0.469 e. The van der Waals surface area contributed by atoms with Gasteiger partial charge in [0, 0.05) is 6.61 Å². The van der Waals surface area contributed by atoms with E-state index in [4.69, 9.17) is 9.16 Å². The minimum atomic E-state index is -1.83. The maximum absolute atomic E-state index is 11.9. The first-order valence-corrected chi connectivity index (χ1v) is 10.3. The molecule has 0 saturated carbocycles. The van der Waals surface area contributed by atoms with Crippen LogP contribution in [-0.2, 0) is 14.0 Å². The van der Waals surface area contributed by atoms with Gasteiger partial charge in [-0.05, 0) is 37.9 Å². The molecular formula is C16H32O4Si. The molecule has 0 unspecified atom stereocenters. The summed E-state index contributed by atoms with van der Waals surface area (Å²) in [4.78, 5) is 11.9. The third kappa shape index (κ3) is 5.24. The summed E-state index contributed by atoms with van der Waals surface area (Å²) in [5.41, 5.74) is -0.965. The van der Waals surface area contributed by atoms with Gasteiger partial charge in [0.05, 0.1) is 18.6 Å². The van der Waals surface area contributed by atoms with E-state index < -0.39 is 25.8 Å². The Morgan fingerprint density at radius 1 is 1.33 bits per heavy atom. The fourth-order valence-corrected chi connectivity index (χ4v) is 2.91. The molecule has 2 atom stereocenters. The Bertz CT molecular complexity index is 360. The number of carbonyl (C=O) groups excluding carboxylic acids is 1. The van der Waals surface area contributed by atoms with Crippen LogP contribution in [0.5, 0.6) is 0 Å².